The fraction of sp³-hybridized carbons (Fsp3) is 0.381. The van der Waals surface area contributed by atoms with Crippen LogP contribution in [0, 0.1) is 6.92 Å². The van der Waals surface area contributed by atoms with Crippen LogP contribution in [0.5, 0.6) is 0 Å². The van der Waals surface area contributed by atoms with Crippen LogP contribution in [0.3, 0.4) is 0 Å². The number of hydrogen-bond acceptors (Lipinski definition) is 3. The van der Waals surface area contributed by atoms with E-state index in [4.69, 9.17) is 0 Å². The number of carbonyl (C=O) groups is 1. The highest BCUT2D eigenvalue weighted by molar-refractivity contribution is 7.99. The third kappa shape index (κ3) is 5.27. The summed E-state index contributed by atoms with van der Waals surface area (Å²) in [5.41, 5.74) is 4.62. The average molecular weight is 355 g/mol. The molecule has 1 aliphatic heterocycles. The maximum atomic E-state index is 12.4. The van der Waals surface area contributed by atoms with E-state index in [9.17, 15) is 4.79 Å². The van der Waals surface area contributed by atoms with Crippen molar-refractivity contribution in [2.24, 2.45) is 0 Å². The maximum absolute atomic E-state index is 12.4. The van der Waals surface area contributed by atoms with Gasteiger partial charge < -0.3 is 10.2 Å². The lowest BCUT2D eigenvalue weighted by atomic mass is 10.1. The molecule has 0 spiro atoms. The Bertz CT molecular complexity index is 711. The second kappa shape index (κ2) is 8.95. The van der Waals surface area contributed by atoms with Gasteiger partial charge >= 0.3 is 0 Å². The summed E-state index contributed by atoms with van der Waals surface area (Å²) in [5, 5.41) is 3.10. The molecule has 25 heavy (non-hydrogen) atoms. The standard InChI is InChI=1S/C21H26N2OS/c1-17-8-7-9-18(14-17)15-25-16-21(24)22-19-10-3-4-11-20(19)23-12-5-2-6-13-23/h3-4,7-11,14H,2,5-6,12-13,15-16H2,1H3,(H,22,24). The largest absolute Gasteiger partial charge is 0.370 e. The van der Waals surface area contributed by atoms with E-state index in [1.54, 1.807) is 11.8 Å². The van der Waals surface area contributed by atoms with Crippen molar-refractivity contribution in [1.29, 1.82) is 0 Å². The third-order valence-corrected chi connectivity index (χ3v) is 5.46. The number of benzene rings is 2. The summed E-state index contributed by atoms with van der Waals surface area (Å²) in [5.74, 6) is 1.41. The summed E-state index contributed by atoms with van der Waals surface area (Å²) in [4.78, 5) is 14.7. The van der Waals surface area contributed by atoms with Crippen molar-refractivity contribution in [3.05, 3.63) is 59.7 Å². The number of thioether (sulfide) groups is 1. The number of piperidine rings is 1. The SMILES string of the molecule is Cc1cccc(CSCC(=O)Nc2ccccc2N2CCCCC2)c1. The van der Waals surface area contributed by atoms with Crippen LogP contribution in [-0.4, -0.2) is 24.7 Å². The van der Waals surface area contributed by atoms with Gasteiger partial charge in [0.2, 0.25) is 5.91 Å². The van der Waals surface area contributed by atoms with Crippen LogP contribution in [0.15, 0.2) is 48.5 Å². The molecule has 1 heterocycles. The Morgan fingerprint density at radius 3 is 2.68 bits per heavy atom. The molecule has 2 aromatic rings. The van der Waals surface area contributed by atoms with Gasteiger partial charge in [-0.15, -0.1) is 11.8 Å². The summed E-state index contributed by atoms with van der Waals surface area (Å²) in [6, 6.07) is 16.6. The third-order valence-electron chi connectivity index (χ3n) is 4.46. The van der Waals surface area contributed by atoms with Gasteiger partial charge in [0.25, 0.3) is 0 Å². The van der Waals surface area contributed by atoms with E-state index in [1.165, 1.54) is 30.4 Å². The molecule has 4 heteroatoms. The molecular formula is C21H26N2OS. The van der Waals surface area contributed by atoms with Crippen molar-refractivity contribution in [2.45, 2.75) is 31.9 Å². The zero-order chi connectivity index (χ0) is 17.5. The van der Waals surface area contributed by atoms with E-state index in [1.807, 2.05) is 18.2 Å². The maximum Gasteiger partial charge on any atom is 0.234 e. The van der Waals surface area contributed by atoms with E-state index in [2.05, 4.69) is 47.5 Å². The Hall–Kier alpha value is -1.94. The first-order valence-corrected chi connectivity index (χ1v) is 10.1. The molecule has 0 aromatic heterocycles. The molecule has 0 saturated carbocycles. The molecule has 3 rings (SSSR count). The Morgan fingerprint density at radius 1 is 1.08 bits per heavy atom. The molecule has 1 aliphatic rings. The van der Waals surface area contributed by atoms with Crippen molar-refractivity contribution < 1.29 is 4.79 Å². The van der Waals surface area contributed by atoms with Crippen molar-refractivity contribution in [3.8, 4) is 0 Å². The minimum atomic E-state index is 0.0714. The van der Waals surface area contributed by atoms with Gasteiger partial charge in [-0.1, -0.05) is 42.0 Å². The first-order valence-electron chi connectivity index (χ1n) is 8.99. The van der Waals surface area contributed by atoms with Gasteiger partial charge in [-0.3, -0.25) is 4.79 Å². The second-order valence-corrected chi connectivity index (χ2v) is 7.58. The van der Waals surface area contributed by atoms with Gasteiger partial charge in [-0.2, -0.15) is 0 Å². The fourth-order valence-electron chi connectivity index (χ4n) is 3.24. The van der Waals surface area contributed by atoms with E-state index < -0.39 is 0 Å². The lowest BCUT2D eigenvalue weighted by Crippen LogP contribution is -2.30. The number of hydrogen-bond donors (Lipinski definition) is 1. The molecule has 1 saturated heterocycles. The summed E-state index contributed by atoms with van der Waals surface area (Å²) in [7, 11) is 0. The Kier molecular flexibility index (Phi) is 6.40. The van der Waals surface area contributed by atoms with Crippen molar-refractivity contribution in [2.75, 3.05) is 29.1 Å². The van der Waals surface area contributed by atoms with Gasteiger partial charge in [0.15, 0.2) is 0 Å². The number of rotatable bonds is 6. The van der Waals surface area contributed by atoms with Gasteiger partial charge in [-0.05, 0) is 43.9 Å². The quantitative estimate of drug-likeness (QED) is 0.804. The predicted octanol–water partition coefficient (Wildman–Crippen LogP) is 4.86. The van der Waals surface area contributed by atoms with Crippen LogP contribution >= 0.6 is 11.8 Å². The summed E-state index contributed by atoms with van der Waals surface area (Å²) < 4.78 is 0. The zero-order valence-corrected chi connectivity index (χ0v) is 15.6. The topological polar surface area (TPSA) is 32.3 Å². The highest BCUT2D eigenvalue weighted by atomic mass is 32.2. The van der Waals surface area contributed by atoms with Crippen molar-refractivity contribution >= 4 is 29.0 Å². The lowest BCUT2D eigenvalue weighted by Gasteiger charge is -2.30. The first kappa shape index (κ1) is 17.9. The van der Waals surface area contributed by atoms with Gasteiger partial charge in [-0.25, -0.2) is 0 Å². The Morgan fingerprint density at radius 2 is 1.88 bits per heavy atom. The van der Waals surface area contributed by atoms with Crippen LogP contribution in [0.2, 0.25) is 0 Å². The minimum Gasteiger partial charge on any atom is -0.370 e. The van der Waals surface area contributed by atoms with Crippen molar-refractivity contribution in [1.82, 2.24) is 0 Å². The number of nitrogens with one attached hydrogen (secondary N) is 1. The number of amides is 1. The van der Waals surface area contributed by atoms with E-state index in [0.717, 1.165) is 30.2 Å². The Balaban J connectivity index is 1.54. The molecule has 1 fully saturated rings. The summed E-state index contributed by atoms with van der Waals surface area (Å²) in [6.45, 7) is 4.25. The molecule has 0 atom stereocenters. The smallest absolute Gasteiger partial charge is 0.234 e. The molecular weight excluding hydrogens is 328 g/mol. The number of nitrogens with zero attached hydrogens (tertiary/aromatic N) is 1. The van der Waals surface area contributed by atoms with Gasteiger partial charge in [0.05, 0.1) is 17.1 Å². The molecule has 1 N–H and O–H groups in total. The van der Waals surface area contributed by atoms with Gasteiger partial charge in [0.1, 0.15) is 0 Å². The van der Waals surface area contributed by atoms with Crippen LogP contribution in [0.25, 0.3) is 0 Å². The van der Waals surface area contributed by atoms with E-state index in [-0.39, 0.29) is 5.91 Å². The Labute approximate surface area is 154 Å². The molecule has 0 radical (unpaired) electrons. The highest BCUT2D eigenvalue weighted by Gasteiger charge is 2.15. The van der Waals surface area contributed by atoms with Gasteiger partial charge in [0, 0.05) is 18.8 Å². The molecule has 3 nitrogen and oxygen atoms in total. The molecule has 0 unspecified atom stereocenters. The second-order valence-electron chi connectivity index (χ2n) is 6.59. The predicted molar refractivity (Wildman–Crippen MR) is 108 cm³/mol. The molecule has 0 bridgehead atoms. The number of carbonyl (C=O) groups excluding carboxylic acids is 1. The lowest BCUT2D eigenvalue weighted by molar-refractivity contribution is -0.113. The summed E-state index contributed by atoms with van der Waals surface area (Å²) in [6.07, 6.45) is 3.77. The monoisotopic (exact) mass is 354 g/mol. The number of aryl methyl sites for hydroxylation is 1. The average Bonchev–Trinajstić information content (AvgIpc) is 2.63. The molecule has 0 aliphatic carbocycles. The number of para-hydroxylation sites is 2. The highest BCUT2D eigenvalue weighted by Crippen LogP contribution is 2.28. The van der Waals surface area contributed by atoms with Crippen LogP contribution in [0.1, 0.15) is 30.4 Å². The molecule has 1 amide bonds. The molecule has 132 valence electrons. The fourth-order valence-corrected chi connectivity index (χ4v) is 4.01. The van der Waals surface area contributed by atoms with E-state index in [0.29, 0.717) is 5.75 Å². The summed E-state index contributed by atoms with van der Waals surface area (Å²) >= 11 is 1.66. The zero-order valence-electron chi connectivity index (χ0n) is 14.8. The van der Waals surface area contributed by atoms with E-state index >= 15 is 0 Å². The van der Waals surface area contributed by atoms with Crippen molar-refractivity contribution in [3.63, 3.8) is 0 Å². The number of anilines is 2. The minimum absolute atomic E-state index is 0.0714. The van der Waals surface area contributed by atoms with Crippen LogP contribution in [-0.2, 0) is 10.5 Å². The van der Waals surface area contributed by atoms with Crippen LogP contribution in [0.4, 0.5) is 11.4 Å². The first-order chi connectivity index (χ1) is 12.2. The molecule has 2 aromatic carbocycles. The normalized spacial score (nSPS) is 14.4. The van der Waals surface area contributed by atoms with Crippen LogP contribution < -0.4 is 10.2 Å².